The van der Waals surface area contributed by atoms with Crippen LogP contribution in [0.5, 0.6) is 0 Å². The van der Waals surface area contributed by atoms with Crippen LogP contribution < -0.4 is 5.32 Å². The van der Waals surface area contributed by atoms with Crippen LogP contribution in [-0.2, 0) is 9.47 Å². The summed E-state index contributed by atoms with van der Waals surface area (Å²) in [6.07, 6.45) is 3.71. The smallest absolute Gasteiger partial charge is 0.0900 e. The van der Waals surface area contributed by atoms with Crippen LogP contribution in [0.25, 0.3) is 0 Å². The van der Waals surface area contributed by atoms with E-state index in [2.05, 4.69) is 31.1 Å². The third-order valence-corrected chi connectivity index (χ3v) is 4.83. The molecule has 5 heteroatoms. The average molecular weight is 298 g/mol. The Kier molecular flexibility index (Phi) is 6.42. The lowest BCUT2D eigenvalue weighted by Gasteiger charge is -2.13. The molecule has 0 radical (unpaired) electrons. The third kappa shape index (κ3) is 4.81. The van der Waals surface area contributed by atoms with Gasteiger partial charge in [0.25, 0.3) is 0 Å². The van der Waals surface area contributed by atoms with Crippen LogP contribution in [0.4, 0.5) is 0 Å². The Morgan fingerprint density at radius 2 is 2.35 bits per heavy atom. The lowest BCUT2D eigenvalue weighted by molar-refractivity contribution is 0.0165. The number of nitrogens with one attached hydrogen (secondary N) is 1. The van der Waals surface area contributed by atoms with E-state index in [1.807, 2.05) is 0 Å². The second-order valence-electron chi connectivity index (χ2n) is 5.42. The van der Waals surface area contributed by atoms with Crippen LogP contribution >= 0.6 is 11.3 Å². The lowest BCUT2D eigenvalue weighted by atomic mass is 10.2. The van der Waals surface area contributed by atoms with Crippen molar-refractivity contribution in [1.82, 2.24) is 10.3 Å². The highest BCUT2D eigenvalue weighted by Crippen LogP contribution is 2.24. The molecule has 114 valence electrons. The van der Waals surface area contributed by atoms with Gasteiger partial charge >= 0.3 is 0 Å². The van der Waals surface area contributed by atoms with Gasteiger partial charge in [-0.15, -0.1) is 11.3 Å². The summed E-state index contributed by atoms with van der Waals surface area (Å²) in [6.45, 7) is 9.79. The number of rotatable bonds is 8. The van der Waals surface area contributed by atoms with Crippen molar-refractivity contribution < 1.29 is 9.47 Å². The SMILES string of the molecule is Cc1nc(C)c(C(C)NCCCOCC2CCCO2)s1. The van der Waals surface area contributed by atoms with E-state index in [1.54, 1.807) is 11.3 Å². The summed E-state index contributed by atoms with van der Waals surface area (Å²) in [4.78, 5) is 5.82. The second-order valence-corrected chi connectivity index (χ2v) is 6.66. The zero-order valence-electron chi connectivity index (χ0n) is 12.8. The van der Waals surface area contributed by atoms with Crippen LogP contribution in [0.3, 0.4) is 0 Å². The molecule has 1 saturated heterocycles. The Hall–Kier alpha value is -0.490. The highest BCUT2D eigenvalue weighted by Gasteiger charge is 2.15. The van der Waals surface area contributed by atoms with Crippen LogP contribution in [0.15, 0.2) is 0 Å². The summed E-state index contributed by atoms with van der Waals surface area (Å²) >= 11 is 1.79. The largest absolute Gasteiger partial charge is 0.379 e. The molecule has 2 unspecified atom stereocenters. The Bertz CT molecular complexity index is 403. The molecule has 0 bridgehead atoms. The highest BCUT2D eigenvalue weighted by atomic mass is 32.1. The molecule has 0 aromatic carbocycles. The molecule has 0 amide bonds. The Morgan fingerprint density at radius 3 is 3.00 bits per heavy atom. The van der Waals surface area contributed by atoms with Crippen LogP contribution in [-0.4, -0.2) is 37.5 Å². The fourth-order valence-corrected chi connectivity index (χ4v) is 3.48. The molecular formula is C15H26N2O2S. The average Bonchev–Trinajstić information content (AvgIpc) is 3.03. The van der Waals surface area contributed by atoms with Crippen molar-refractivity contribution in [3.8, 4) is 0 Å². The van der Waals surface area contributed by atoms with Gasteiger partial charge in [-0.05, 0) is 46.6 Å². The number of hydrogen-bond donors (Lipinski definition) is 1. The first kappa shape index (κ1) is 15.9. The first-order valence-corrected chi connectivity index (χ1v) is 8.35. The molecule has 1 aromatic rings. The maximum absolute atomic E-state index is 5.66. The summed E-state index contributed by atoms with van der Waals surface area (Å²) < 4.78 is 11.2. The first-order chi connectivity index (χ1) is 9.66. The summed E-state index contributed by atoms with van der Waals surface area (Å²) in [5, 5.41) is 4.69. The fraction of sp³-hybridized carbons (Fsp3) is 0.800. The van der Waals surface area contributed by atoms with Gasteiger partial charge in [0.2, 0.25) is 0 Å². The van der Waals surface area contributed by atoms with Gasteiger partial charge in [0, 0.05) is 24.1 Å². The van der Waals surface area contributed by atoms with Crippen molar-refractivity contribution in [2.75, 3.05) is 26.4 Å². The van der Waals surface area contributed by atoms with E-state index in [4.69, 9.17) is 9.47 Å². The number of thiazole rings is 1. The van der Waals surface area contributed by atoms with Gasteiger partial charge in [-0.2, -0.15) is 0 Å². The van der Waals surface area contributed by atoms with Crippen molar-refractivity contribution in [1.29, 1.82) is 0 Å². The standard InChI is InChI=1S/C15H26N2O2S/c1-11(15-12(2)17-13(3)20-15)16-7-5-8-18-10-14-6-4-9-19-14/h11,14,16H,4-10H2,1-3H3. The van der Waals surface area contributed by atoms with Crippen molar-refractivity contribution >= 4 is 11.3 Å². The second kappa shape index (κ2) is 8.08. The Balaban J connectivity index is 1.55. The molecule has 20 heavy (non-hydrogen) atoms. The molecule has 0 spiro atoms. The minimum Gasteiger partial charge on any atom is -0.379 e. The van der Waals surface area contributed by atoms with E-state index < -0.39 is 0 Å². The maximum Gasteiger partial charge on any atom is 0.0900 e. The van der Waals surface area contributed by atoms with E-state index in [0.29, 0.717) is 12.1 Å². The van der Waals surface area contributed by atoms with E-state index >= 15 is 0 Å². The zero-order chi connectivity index (χ0) is 14.4. The number of aryl methyl sites for hydroxylation is 2. The predicted molar refractivity (Wildman–Crippen MR) is 82.4 cm³/mol. The minimum absolute atomic E-state index is 0.338. The number of aromatic nitrogens is 1. The Morgan fingerprint density at radius 1 is 1.50 bits per heavy atom. The topological polar surface area (TPSA) is 43.4 Å². The van der Waals surface area contributed by atoms with E-state index in [0.717, 1.165) is 49.9 Å². The van der Waals surface area contributed by atoms with Crippen molar-refractivity contribution in [2.45, 2.75) is 52.2 Å². The van der Waals surface area contributed by atoms with Gasteiger partial charge < -0.3 is 14.8 Å². The molecule has 1 aliphatic rings. The van der Waals surface area contributed by atoms with Crippen molar-refractivity contribution in [2.24, 2.45) is 0 Å². The quantitative estimate of drug-likeness (QED) is 0.749. The lowest BCUT2D eigenvalue weighted by Crippen LogP contribution is -2.22. The van der Waals surface area contributed by atoms with E-state index in [-0.39, 0.29) is 0 Å². The molecule has 4 nitrogen and oxygen atoms in total. The molecule has 2 heterocycles. The molecular weight excluding hydrogens is 272 g/mol. The van der Waals surface area contributed by atoms with Gasteiger partial charge in [0.1, 0.15) is 0 Å². The van der Waals surface area contributed by atoms with Crippen molar-refractivity contribution in [3.05, 3.63) is 15.6 Å². The van der Waals surface area contributed by atoms with Gasteiger partial charge in [0.15, 0.2) is 0 Å². The number of ether oxygens (including phenoxy) is 2. The molecule has 0 aliphatic carbocycles. The first-order valence-electron chi connectivity index (χ1n) is 7.53. The fourth-order valence-electron chi connectivity index (χ4n) is 2.52. The van der Waals surface area contributed by atoms with Crippen LogP contribution in [0, 0.1) is 13.8 Å². The zero-order valence-corrected chi connectivity index (χ0v) is 13.6. The molecule has 1 N–H and O–H groups in total. The van der Waals surface area contributed by atoms with Gasteiger partial charge in [-0.1, -0.05) is 0 Å². The summed E-state index contributed by atoms with van der Waals surface area (Å²) in [5.74, 6) is 0. The maximum atomic E-state index is 5.66. The summed E-state index contributed by atoms with van der Waals surface area (Å²) in [7, 11) is 0. The van der Waals surface area contributed by atoms with Gasteiger partial charge in [-0.3, -0.25) is 0 Å². The number of nitrogens with zero attached hydrogens (tertiary/aromatic N) is 1. The minimum atomic E-state index is 0.338. The predicted octanol–water partition coefficient (Wildman–Crippen LogP) is 3.00. The highest BCUT2D eigenvalue weighted by molar-refractivity contribution is 7.11. The summed E-state index contributed by atoms with van der Waals surface area (Å²) in [6, 6.07) is 0.374. The van der Waals surface area contributed by atoms with E-state index in [1.165, 1.54) is 11.3 Å². The van der Waals surface area contributed by atoms with Gasteiger partial charge in [-0.25, -0.2) is 4.98 Å². The third-order valence-electron chi connectivity index (χ3n) is 3.58. The van der Waals surface area contributed by atoms with Crippen molar-refractivity contribution in [3.63, 3.8) is 0 Å². The molecule has 2 rings (SSSR count). The molecule has 1 aromatic heterocycles. The monoisotopic (exact) mass is 298 g/mol. The molecule has 1 fully saturated rings. The molecule has 1 aliphatic heterocycles. The Labute approximate surface area is 125 Å². The molecule has 0 saturated carbocycles. The van der Waals surface area contributed by atoms with Crippen LogP contribution in [0.1, 0.15) is 47.8 Å². The van der Waals surface area contributed by atoms with Crippen LogP contribution in [0.2, 0.25) is 0 Å². The number of hydrogen-bond acceptors (Lipinski definition) is 5. The normalized spacial score (nSPS) is 20.4. The van der Waals surface area contributed by atoms with E-state index in [9.17, 15) is 0 Å². The summed E-state index contributed by atoms with van der Waals surface area (Å²) in [5.41, 5.74) is 1.15. The molecule has 2 atom stereocenters. The van der Waals surface area contributed by atoms with Gasteiger partial charge in [0.05, 0.1) is 23.4 Å².